The van der Waals surface area contributed by atoms with E-state index >= 15 is 0 Å². The van der Waals surface area contributed by atoms with Gasteiger partial charge in [0.2, 0.25) is 0 Å². The van der Waals surface area contributed by atoms with E-state index in [4.69, 9.17) is 0 Å². The van der Waals surface area contributed by atoms with E-state index in [1.807, 2.05) is 37.3 Å². The van der Waals surface area contributed by atoms with E-state index in [1.165, 1.54) is 6.20 Å². The molecule has 1 heterocycles. The number of aryl methyl sites for hydroxylation is 1. The van der Waals surface area contributed by atoms with Gasteiger partial charge in [-0.1, -0.05) is 30.3 Å². The van der Waals surface area contributed by atoms with E-state index in [2.05, 4.69) is 26.2 Å². The van der Waals surface area contributed by atoms with Crippen LogP contribution in [0, 0.1) is 6.92 Å². The second-order valence-electron chi connectivity index (χ2n) is 4.84. The molecular formula is C16H17BrN2O2. The molecule has 1 aromatic heterocycles. The maximum absolute atomic E-state index is 12.0. The number of aromatic nitrogens is 1. The molecule has 0 aliphatic heterocycles. The molecule has 1 aromatic carbocycles. The van der Waals surface area contributed by atoms with Crippen LogP contribution in [0.1, 0.15) is 21.6 Å². The summed E-state index contributed by atoms with van der Waals surface area (Å²) in [6, 6.07) is 11.4. The van der Waals surface area contributed by atoms with Crippen molar-refractivity contribution < 1.29 is 9.90 Å². The SMILES string of the molecule is Cc1ncc(C(=O)NC[C@@H](O)Cc2ccccc2)cc1Br. The average molecular weight is 349 g/mol. The largest absolute Gasteiger partial charge is 0.391 e. The minimum absolute atomic E-state index is 0.208. The highest BCUT2D eigenvalue weighted by Crippen LogP contribution is 2.14. The zero-order valence-electron chi connectivity index (χ0n) is 11.7. The van der Waals surface area contributed by atoms with Gasteiger partial charge < -0.3 is 10.4 Å². The number of carbonyl (C=O) groups excluding carboxylic acids is 1. The lowest BCUT2D eigenvalue weighted by atomic mass is 10.1. The summed E-state index contributed by atoms with van der Waals surface area (Å²) < 4.78 is 0.792. The maximum Gasteiger partial charge on any atom is 0.252 e. The molecule has 0 spiro atoms. The molecule has 0 saturated heterocycles. The molecule has 0 aliphatic rings. The van der Waals surface area contributed by atoms with Gasteiger partial charge in [0.15, 0.2) is 0 Å². The second kappa shape index (κ2) is 7.33. The highest BCUT2D eigenvalue weighted by molar-refractivity contribution is 9.10. The van der Waals surface area contributed by atoms with Crippen LogP contribution in [0.15, 0.2) is 47.1 Å². The number of rotatable bonds is 5. The Labute approximate surface area is 132 Å². The Morgan fingerprint density at radius 2 is 2.10 bits per heavy atom. The Morgan fingerprint density at radius 3 is 2.76 bits per heavy atom. The minimum atomic E-state index is -0.613. The summed E-state index contributed by atoms with van der Waals surface area (Å²) in [4.78, 5) is 16.1. The number of aliphatic hydroxyl groups is 1. The van der Waals surface area contributed by atoms with Gasteiger partial charge in [0.1, 0.15) is 0 Å². The Balaban J connectivity index is 1.87. The van der Waals surface area contributed by atoms with Crippen LogP contribution in [-0.4, -0.2) is 28.6 Å². The first-order valence-corrected chi connectivity index (χ1v) is 7.48. The predicted molar refractivity (Wildman–Crippen MR) is 85.2 cm³/mol. The fourth-order valence-corrected chi connectivity index (χ4v) is 2.25. The smallest absolute Gasteiger partial charge is 0.252 e. The summed E-state index contributed by atoms with van der Waals surface area (Å²) in [5.41, 5.74) is 2.34. The van der Waals surface area contributed by atoms with Crippen LogP contribution < -0.4 is 5.32 Å². The third-order valence-electron chi connectivity index (χ3n) is 3.10. The highest BCUT2D eigenvalue weighted by atomic mass is 79.9. The first kappa shape index (κ1) is 15.7. The molecule has 2 aromatic rings. The zero-order chi connectivity index (χ0) is 15.2. The van der Waals surface area contributed by atoms with Gasteiger partial charge in [0.25, 0.3) is 5.91 Å². The van der Waals surface area contributed by atoms with Gasteiger partial charge in [-0.05, 0) is 34.5 Å². The first-order chi connectivity index (χ1) is 10.1. The van der Waals surface area contributed by atoms with E-state index in [9.17, 15) is 9.90 Å². The van der Waals surface area contributed by atoms with Crippen molar-refractivity contribution in [3.63, 3.8) is 0 Å². The average Bonchev–Trinajstić information content (AvgIpc) is 2.48. The first-order valence-electron chi connectivity index (χ1n) is 6.68. The summed E-state index contributed by atoms with van der Waals surface area (Å²) >= 11 is 3.35. The molecule has 110 valence electrons. The number of benzene rings is 1. The summed E-state index contributed by atoms with van der Waals surface area (Å²) in [7, 11) is 0. The Hall–Kier alpha value is -1.72. The maximum atomic E-state index is 12.0. The molecule has 21 heavy (non-hydrogen) atoms. The molecule has 1 atom stereocenters. The molecule has 2 rings (SSSR count). The number of nitrogens with one attached hydrogen (secondary N) is 1. The normalized spacial score (nSPS) is 12.0. The van der Waals surface area contributed by atoms with Crippen LogP contribution in [-0.2, 0) is 6.42 Å². The van der Waals surface area contributed by atoms with Gasteiger partial charge in [0, 0.05) is 23.6 Å². The molecular weight excluding hydrogens is 332 g/mol. The van der Waals surface area contributed by atoms with Gasteiger partial charge >= 0.3 is 0 Å². The number of pyridine rings is 1. The minimum Gasteiger partial charge on any atom is -0.391 e. The summed E-state index contributed by atoms with van der Waals surface area (Å²) in [5.74, 6) is -0.240. The molecule has 0 aliphatic carbocycles. The van der Waals surface area contributed by atoms with Gasteiger partial charge in [-0.15, -0.1) is 0 Å². The van der Waals surface area contributed by atoms with Crippen molar-refractivity contribution in [2.75, 3.05) is 6.54 Å². The van der Waals surface area contributed by atoms with Crippen LogP contribution in [0.25, 0.3) is 0 Å². The van der Waals surface area contributed by atoms with E-state index in [0.29, 0.717) is 12.0 Å². The second-order valence-corrected chi connectivity index (χ2v) is 5.70. The van der Waals surface area contributed by atoms with Gasteiger partial charge in [-0.3, -0.25) is 9.78 Å². The van der Waals surface area contributed by atoms with Crippen molar-refractivity contribution in [1.29, 1.82) is 0 Å². The number of halogens is 1. The van der Waals surface area contributed by atoms with Crippen LogP contribution in [0.4, 0.5) is 0 Å². The van der Waals surface area contributed by atoms with Crippen molar-refractivity contribution in [1.82, 2.24) is 10.3 Å². The molecule has 5 heteroatoms. The molecule has 0 fully saturated rings. The standard InChI is InChI=1S/C16H17BrN2O2/c1-11-15(17)8-13(9-18-11)16(21)19-10-14(20)7-12-5-3-2-4-6-12/h2-6,8-9,14,20H,7,10H2,1H3,(H,19,21)/t14-/m0/s1. The quantitative estimate of drug-likeness (QED) is 0.872. The number of hydrogen-bond acceptors (Lipinski definition) is 3. The summed E-state index contributed by atoms with van der Waals surface area (Å²) in [6.07, 6.45) is 1.42. The molecule has 0 radical (unpaired) electrons. The van der Waals surface area contributed by atoms with Crippen LogP contribution in [0.3, 0.4) is 0 Å². The third-order valence-corrected chi connectivity index (χ3v) is 3.90. The van der Waals surface area contributed by atoms with Crippen molar-refractivity contribution in [2.45, 2.75) is 19.4 Å². The van der Waals surface area contributed by atoms with Crippen LogP contribution in [0.5, 0.6) is 0 Å². The lowest BCUT2D eigenvalue weighted by Gasteiger charge is -2.12. The van der Waals surface area contributed by atoms with E-state index in [0.717, 1.165) is 15.7 Å². The monoisotopic (exact) mass is 348 g/mol. The lowest BCUT2D eigenvalue weighted by molar-refractivity contribution is 0.0915. The topological polar surface area (TPSA) is 62.2 Å². The van der Waals surface area contributed by atoms with E-state index in [1.54, 1.807) is 6.07 Å². The Kier molecular flexibility index (Phi) is 5.47. The van der Waals surface area contributed by atoms with Gasteiger partial charge in [-0.25, -0.2) is 0 Å². The molecule has 0 unspecified atom stereocenters. The fourth-order valence-electron chi connectivity index (χ4n) is 1.90. The Bertz CT molecular complexity index is 617. The van der Waals surface area contributed by atoms with Crippen LogP contribution >= 0.6 is 15.9 Å². The number of aliphatic hydroxyl groups excluding tert-OH is 1. The molecule has 1 amide bonds. The van der Waals surface area contributed by atoms with Crippen molar-refractivity contribution >= 4 is 21.8 Å². The zero-order valence-corrected chi connectivity index (χ0v) is 13.3. The highest BCUT2D eigenvalue weighted by Gasteiger charge is 2.11. The molecule has 4 nitrogen and oxygen atoms in total. The predicted octanol–water partition coefficient (Wildman–Crippen LogP) is 2.49. The van der Waals surface area contributed by atoms with E-state index in [-0.39, 0.29) is 12.5 Å². The molecule has 2 N–H and O–H groups in total. The van der Waals surface area contributed by atoms with Crippen molar-refractivity contribution in [2.24, 2.45) is 0 Å². The van der Waals surface area contributed by atoms with Gasteiger partial charge in [0.05, 0.1) is 17.4 Å². The molecule has 0 bridgehead atoms. The fraction of sp³-hybridized carbons (Fsp3) is 0.250. The van der Waals surface area contributed by atoms with Crippen molar-refractivity contribution in [3.8, 4) is 0 Å². The summed E-state index contributed by atoms with van der Waals surface area (Å²) in [6.45, 7) is 2.06. The van der Waals surface area contributed by atoms with Gasteiger partial charge in [-0.2, -0.15) is 0 Å². The van der Waals surface area contributed by atoms with Crippen LogP contribution in [0.2, 0.25) is 0 Å². The van der Waals surface area contributed by atoms with E-state index < -0.39 is 6.10 Å². The number of hydrogen-bond donors (Lipinski definition) is 2. The Morgan fingerprint density at radius 1 is 1.38 bits per heavy atom. The van der Waals surface area contributed by atoms with Crippen molar-refractivity contribution in [3.05, 3.63) is 63.9 Å². The number of carbonyl (C=O) groups is 1. The summed E-state index contributed by atoms with van der Waals surface area (Å²) in [5, 5.41) is 12.7. The molecule has 0 saturated carbocycles. The number of amides is 1. The lowest BCUT2D eigenvalue weighted by Crippen LogP contribution is -2.33. The number of nitrogens with zero attached hydrogens (tertiary/aromatic N) is 1. The third kappa shape index (κ3) is 4.65.